The Labute approximate surface area is 92.6 Å². The van der Waals surface area contributed by atoms with Crippen LogP contribution in [0.1, 0.15) is 39.0 Å². The molecule has 2 aliphatic rings. The third kappa shape index (κ3) is 2.71. The predicted molar refractivity (Wildman–Crippen MR) is 61.6 cm³/mol. The first-order valence-electron chi connectivity index (χ1n) is 6.29. The Morgan fingerprint density at radius 2 is 1.93 bits per heavy atom. The molecule has 0 spiro atoms. The van der Waals surface area contributed by atoms with Gasteiger partial charge < -0.3 is 10.8 Å². The van der Waals surface area contributed by atoms with E-state index < -0.39 is 5.60 Å². The van der Waals surface area contributed by atoms with Crippen molar-refractivity contribution in [3.63, 3.8) is 0 Å². The van der Waals surface area contributed by atoms with Gasteiger partial charge in [-0.3, -0.25) is 4.90 Å². The van der Waals surface area contributed by atoms with Gasteiger partial charge in [0.1, 0.15) is 0 Å². The second-order valence-corrected chi connectivity index (χ2v) is 5.62. The number of hydrogen-bond acceptors (Lipinski definition) is 3. The van der Waals surface area contributed by atoms with Crippen LogP contribution in [0.2, 0.25) is 0 Å². The summed E-state index contributed by atoms with van der Waals surface area (Å²) in [4.78, 5) is 2.35. The minimum atomic E-state index is -0.415. The van der Waals surface area contributed by atoms with Gasteiger partial charge in [-0.2, -0.15) is 0 Å². The van der Waals surface area contributed by atoms with Crippen LogP contribution < -0.4 is 5.73 Å². The summed E-state index contributed by atoms with van der Waals surface area (Å²) in [5.41, 5.74) is 5.58. The Morgan fingerprint density at radius 3 is 2.47 bits per heavy atom. The van der Waals surface area contributed by atoms with Crippen molar-refractivity contribution in [1.29, 1.82) is 0 Å². The summed E-state index contributed by atoms with van der Waals surface area (Å²) >= 11 is 0. The zero-order valence-electron chi connectivity index (χ0n) is 9.78. The highest BCUT2D eigenvalue weighted by atomic mass is 16.3. The Bertz CT molecular complexity index is 204. The highest BCUT2D eigenvalue weighted by Crippen LogP contribution is 2.30. The molecule has 88 valence electrons. The molecule has 1 aliphatic heterocycles. The maximum absolute atomic E-state index is 10.4. The zero-order valence-corrected chi connectivity index (χ0v) is 9.78. The van der Waals surface area contributed by atoms with Gasteiger partial charge in [0.25, 0.3) is 0 Å². The van der Waals surface area contributed by atoms with E-state index in [-0.39, 0.29) is 0 Å². The van der Waals surface area contributed by atoms with Gasteiger partial charge in [-0.05, 0) is 18.8 Å². The molecule has 0 radical (unpaired) electrons. The summed E-state index contributed by atoms with van der Waals surface area (Å²) in [6.45, 7) is 5.06. The number of nitrogens with two attached hydrogens (primary N) is 1. The Hall–Kier alpha value is -0.120. The summed E-state index contributed by atoms with van der Waals surface area (Å²) in [5, 5.41) is 10.4. The second kappa shape index (κ2) is 4.40. The minimum Gasteiger partial charge on any atom is -0.389 e. The molecule has 3 nitrogen and oxygen atoms in total. The summed E-state index contributed by atoms with van der Waals surface area (Å²) in [5.74, 6) is 0.581. The molecule has 2 atom stereocenters. The highest BCUT2D eigenvalue weighted by molar-refractivity contribution is 4.91. The number of hydrogen-bond donors (Lipinski definition) is 2. The van der Waals surface area contributed by atoms with Crippen LogP contribution >= 0.6 is 0 Å². The highest BCUT2D eigenvalue weighted by Gasteiger charge is 2.35. The summed E-state index contributed by atoms with van der Waals surface area (Å²) in [7, 11) is 0. The molecule has 0 aromatic rings. The van der Waals surface area contributed by atoms with E-state index in [0.29, 0.717) is 12.0 Å². The molecule has 3 heteroatoms. The molecule has 2 fully saturated rings. The molecule has 1 heterocycles. The molecule has 2 unspecified atom stereocenters. The quantitative estimate of drug-likeness (QED) is 0.717. The fourth-order valence-corrected chi connectivity index (χ4v) is 3.01. The number of likely N-dealkylation sites (tertiary alicyclic amines) is 1. The van der Waals surface area contributed by atoms with E-state index in [9.17, 15) is 5.11 Å². The predicted octanol–water partition coefficient (Wildman–Crippen LogP) is 0.961. The van der Waals surface area contributed by atoms with Gasteiger partial charge in [0.15, 0.2) is 0 Å². The number of β-amino-alcohol motifs (C(OH)–C–C–N with tert-alkyl or cyclic N) is 1. The van der Waals surface area contributed by atoms with Crippen LogP contribution in [0.5, 0.6) is 0 Å². The van der Waals surface area contributed by atoms with Crippen LogP contribution in [0.3, 0.4) is 0 Å². The van der Waals surface area contributed by atoms with Crippen molar-refractivity contribution in [3.05, 3.63) is 0 Å². The molecule has 0 amide bonds. The fourth-order valence-electron chi connectivity index (χ4n) is 3.01. The molecule has 2 rings (SSSR count). The monoisotopic (exact) mass is 212 g/mol. The number of nitrogens with zero attached hydrogens (tertiary/aromatic N) is 1. The van der Waals surface area contributed by atoms with Gasteiger partial charge in [-0.1, -0.05) is 26.2 Å². The summed E-state index contributed by atoms with van der Waals surface area (Å²) < 4.78 is 0. The van der Waals surface area contributed by atoms with Crippen LogP contribution in [-0.4, -0.2) is 41.3 Å². The molecule has 1 saturated heterocycles. The lowest BCUT2D eigenvalue weighted by atomic mass is 9.84. The number of rotatable bonds is 2. The average molecular weight is 212 g/mol. The normalized spacial score (nSPS) is 37.0. The van der Waals surface area contributed by atoms with Crippen LogP contribution in [-0.2, 0) is 0 Å². The lowest BCUT2D eigenvalue weighted by molar-refractivity contribution is -0.0220. The van der Waals surface area contributed by atoms with Crippen molar-refractivity contribution in [2.75, 3.05) is 19.6 Å². The molecule has 0 aromatic heterocycles. The average Bonchev–Trinajstić information content (AvgIpc) is 2.46. The van der Waals surface area contributed by atoms with E-state index >= 15 is 0 Å². The zero-order chi connectivity index (χ0) is 10.9. The maximum Gasteiger partial charge on any atom is 0.0774 e. The van der Waals surface area contributed by atoms with Gasteiger partial charge in [0.2, 0.25) is 0 Å². The maximum atomic E-state index is 10.4. The first-order valence-corrected chi connectivity index (χ1v) is 6.29. The molecule has 0 bridgehead atoms. The first-order chi connectivity index (χ1) is 7.09. The van der Waals surface area contributed by atoms with E-state index in [1.807, 2.05) is 0 Å². The Kier molecular flexibility index (Phi) is 3.33. The SMILES string of the molecule is CC1CN(CC2(O)CCCCC2)CC1N. The minimum absolute atomic E-state index is 0.303. The summed E-state index contributed by atoms with van der Waals surface area (Å²) in [6.07, 6.45) is 5.62. The van der Waals surface area contributed by atoms with Crippen molar-refractivity contribution >= 4 is 0 Å². The van der Waals surface area contributed by atoms with Gasteiger partial charge in [0, 0.05) is 25.7 Å². The second-order valence-electron chi connectivity index (χ2n) is 5.62. The third-order valence-electron chi connectivity index (χ3n) is 4.05. The van der Waals surface area contributed by atoms with Gasteiger partial charge in [-0.25, -0.2) is 0 Å². The van der Waals surface area contributed by atoms with E-state index in [0.717, 1.165) is 32.5 Å². The lowest BCUT2D eigenvalue weighted by Crippen LogP contribution is -2.44. The van der Waals surface area contributed by atoms with Crippen molar-refractivity contribution in [1.82, 2.24) is 4.90 Å². The third-order valence-corrected chi connectivity index (χ3v) is 4.05. The first kappa shape index (κ1) is 11.4. The fraction of sp³-hybridized carbons (Fsp3) is 1.00. The molecule has 15 heavy (non-hydrogen) atoms. The molecule has 3 N–H and O–H groups in total. The van der Waals surface area contributed by atoms with Crippen LogP contribution in [0.15, 0.2) is 0 Å². The van der Waals surface area contributed by atoms with Gasteiger partial charge in [-0.15, -0.1) is 0 Å². The van der Waals surface area contributed by atoms with Crippen LogP contribution in [0, 0.1) is 5.92 Å². The largest absolute Gasteiger partial charge is 0.389 e. The lowest BCUT2D eigenvalue weighted by Gasteiger charge is -2.35. The molecule has 1 aliphatic carbocycles. The van der Waals surface area contributed by atoms with Crippen LogP contribution in [0.4, 0.5) is 0 Å². The van der Waals surface area contributed by atoms with E-state index in [1.54, 1.807) is 0 Å². The standard InChI is InChI=1S/C12H24N2O/c1-10-7-14(8-11(10)13)9-12(15)5-3-2-4-6-12/h10-11,15H,2-9,13H2,1H3. The molecular formula is C12H24N2O. The molecular weight excluding hydrogens is 188 g/mol. The van der Waals surface area contributed by atoms with E-state index in [2.05, 4.69) is 11.8 Å². The molecule has 0 aromatic carbocycles. The van der Waals surface area contributed by atoms with Crippen LogP contribution in [0.25, 0.3) is 0 Å². The van der Waals surface area contributed by atoms with Crippen molar-refractivity contribution < 1.29 is 5.11 Å². The van der Waals surface area contributed by atoms with E-state index in [4.69, 9.17) is 5.73 Å². The smallest absolute Gasteiger partial charge is 0.0774 e. The van der Waals surface area contributed by atoms with Gasteiger partial charge in [0.05, 0.1) is 5.60 Å². The Balaban J connectivity index is 1.86. The number of aliphatic hydroxyl groups is 1. The summed E-state index contributed by atoms with van der Waals surface area (Å²) in [6, 6.07) is 0.303. The van der Waals surface area contributed by atoms with Crippen molar-refractivity contribution in [3.8, 4) is 0 Å². The topological polar surface area (TPSA) is 49.5 Å². The Morgan fingerprint density at radius 1 is 1.27 bits per heavy atom. The van der Waals surface area contributed by atoms with E-state index in [1.165, 1.54) is 19.3 Å². The van der Waals surface area contributed by atoms with Crippen molar-refractivity contribution in [2.45, 2.75) is 50.7 Å². The van der Waals surface area contributed by atoms with Crippen molar-refractivity contribution in [2.24, 2.45) is 11.7 Å². The van der Waals surface area contributed by atoms with Gasteiger partial charge >= 0.3 is 0 Å². The molecule has 1 saturated carbocycles.